The molecule has 0 aromatic carbocycles. The van der Waals surface area contributed by atoms with Gasteiger partial charge in [0.1, 0.15) is 11.9 Å². The number of nitrogen functional groups attached to an aromatic ring is 1. The van der Waals surface area contributed by atoms with Crippen LogP contribution in [0.5, 0.6) is 0 Å². The number of nitrogens with zero attached hydrogens (tertiary/aromatic N) is 3. The number of nitrogens with two attached hydrogens (primary N) is 2. The molecule has 1 aliphatic heterocycles. The first-order valence-corrected chi connectivity index (χ1v) is 5.30. The van der Waals surface area contributed by atoms with Gasteiger partial charge in [-0.2, -0.15) is 0 Å². The molecule has 92 valence electrons. The predicted molar refractivity (Wildman–Crippen MR) is 61.2 cm³/mol. The highest BCUT2D eigenvalue weighted by Gasteiger charge is 2.23. The summed E-state index contributed by atoms with van der Waals surface area (Å²) in [6.45, 7) is 2.21. The Labute approximate surface area is 98.8 Å². The van der Waals surface area contributed by atoms with Gasteiger partial charge in [0.15, 0.2) is 5.82 Å². The standard InChI is InChI=1S/C10H15N5O2/c1-15-2-3-17-7(5-15)10-13-4-6(9(12)16)8(11)14-10/h4,7H,2-3,5H2,1H3,(H2,12,16)(H2,11,13,14). The third kappa shape index (κ3) is 2.51. The maximum atomic E-state index is 11.0. The molecule has 0 aliphatic carbocycles. The summed E-state index contributed by atoms with van der Waals surface area (Å²) >= 11 is 0. The second kappa shape index (κ2) is 4.64. The Kier molecular flexibility index (Phi) is 3.21. The Hall–Kier alpha value is -1.73. The average molecular weight is 237 g/mol. The second-order valence-corrected chi connectivity index (χ2v) is 4.01. The van der Waals surface area contributed by atoms with Gasteiger partial charge < -0.3 is 21.1 Å². The first kappa shape index (κ1) is 11.7. The summed E-state index contributed by atoms with van der Waals surface area (Å²) in [5.74, 6) is -0.0471. The van der Waals surface area contributed by atoms with E-state index >= 15 is 0 Å². The maximum absolute atomic E-state index is 11.0. The van der Waals surface area contributed by atoms with Crippen LogP contribution in [0.15, 0.2) is 6.20 Å². The Bertz CT molecular complexity index is 437. The Morgan fingerprint density at radius 1 is 1.65 bits per heavy atom. The lowest BCUT2D eigenvalue weighted by atomic mass is 10.2. The summed E-state index contributed by atoms with van der Waals surface area (Å²) in [4.78, 5) is 21.2. The fraction of sp³-hybridized carbons (Fsp3) is 0.500. The van der Waals surface area contributed by atoms with Gasteiger partial charge >= 0.3 is 0 Å². The maximum Gasteiger partial charge on any atom is 0.254 e. The van der Waals surface area contributed by atoms with Crippen molar-refractivity contribution in [3.63, 3.8) is 0 Å². The number of aromatic nitrogens is 2. The van der Waals surface area contributed by atoms with Crippen LogP contribution in [-0.2, 0) is 4.74 Å². The molecule has 7 heteroatoms. The molecule has 1 aromatic heterocycles. The molecule has 7 nitrogen and oxygen atoms in total. The zero-order chi connectivity index (χ0) is 12.4. The van der Waals surface area contributed by atoms with Crippen molar-refractivity contribution in [2.24, 2.45) is 5.73 Å². The molecular formula is C10H15N5O2. The van der Waals surface area contributed by atoms with E-state index in [-0.39, 0.29) is 17.5 Å². The summed E-state index contributed by atoms with van der Waals surface area (Å²) in [5, 5.41) is 0. The van der Waals surface area contributed by atoms with Gasteiger partial charge in [-0.05, 0) is 7.05 Å². The van der Waals surface area contributed by atoms with Crippen molar-refractivity contribution in [1.29, 1.82) is 0 Å². The molecule has 0 radical (unpaired) electrons. The monoisotopic (exact) mass is 237 g/mol. The molecule has 1 amide bonds. The number of hydrogen-bond acceptors (Lipinski definition) is 6. The van der Waals surface area contributed by atoms with Crippen LogP contribution in [0.3, 0.4) is 0 Å². The predicted octanol–water partition coefficient (Wildman–Crippen LogP) is -0.839. The third-order valence-corrected chi connectivity index (χ3v) is 2.66. The van der Waals surface area contributed by atoms with Crippen molar-refractivity contribution in [3.05, 3.63) is 17.6 Å². The summed E-state index contributed by atoms with van der Waals surface area (Å²) < 4.78 is 5.55. The van der Waals surface area contributed by atoms with E-state index in [9.17, 15) is 4.79 Å². The summed E-state index contributed by atoms with van der Waals surface area (Å²) in [7, 11) is 2.00. The van der Waals surface area contributed by atoms with Gasteiger partial charge in [0.05, 0.1) is 12.2 Å². The molecule has 1 aliphatic rings. The highest BCUT2D eigenvalue weighted by atomic mass is 16.5. The zero-order valence-corrected chi connectivity index (χ0v) is 9.59. The molecule has 1 atom stereocenters. The highest BCUT2D eigenvalue weighted by molar-refractivity contribution is 5.96. The van der Waals surface area contributed by atoms with Gasteiger partial charge in [-0.1, -0.05) is 0 Å². The summed E-state index contributed by atoms with van der Waals surface area (Å²) in [6, 6.07) is 0. The number of primary amides is 1. The summed E-state index contributed by atoms with van der Waals surface area (Å²) in [6.07, 6.45) is 1.13. The normalized spacial score (nSPS) is 21.4. The van der Waals surface area contributed by atoms with Gasteiger partial charge in [0, 0.05) is 19.3 Å². The molecule has 1 saturated heterocycles. The van der Waals surface area contributed by atoms with E-state index in [4.69, 9.17) is 16.2 Å². The number of rotatable bonds is 2. The topological polar surface area (TPSA) is 107 Å². The molecule has 0 spiro atoms. The van der Waals surface area contributed by atoms with Crippen LogP contribution >= 0.6 is 0 Å². The van der Waals surface area contributed by atoms with Crippen molar-refractivity contribution < 1.29 is 9.53 Å². The van der Waals surface area contributed by atoms with E-state index in [2.05, 4.69) is 14.9 Å². The minimum Gasteiger partial charge on any atom is -0.383 e. The van der Waals surface area contributed by atoms with Crippen molar-refractivity contribution >= 4 is 11.7 Å². The van der Waals surface area contributed by atoms with Gasteiger partial charge in [-0.15, -0.1) is 0 Å². The van der Waals surface area contributed by atoms with E-state index < -0.39 is 5.91 Å². The third-order valence-electron chi connectivity index (χ3n) is 2.66. The van der Waals surface area contributed by atoms with E-state index in [0.717, 1.165) is 6.54 Å². The SMILES string of the molecule is CN1CCOC(c2ncc(C(N)=O)c(N)n2)C1. The molecule has 1 fully saturated rings. The number of likely N-dealkylation sites (N-methyl/N-ethyl adjacent to an activating group) is 1. The van der Waals surface area contributed by atoms with Gasteiger partial charge in [-0.25, -0.2) is 9.97 Å². The van der Waals surface area contributed by atoms with E-state index in [1.165, 1.54) is 6.20 Å². The van der Waals surface area contributed by atoms with Crippen LogP contribution < -0.4 is 11.5 Å². The molecule has 0 bridgehead atoms. The Morgan fingerprint density at radius 3 is 3.00 bits per heavy atom. The fourth-order valence-corrected chi connectivity index (χ4v) is 1.69. The van der Waals surface area contributed by atoms with Crippen LogP contribution in [0.1, 0.15) is 22.3 Å². The molecular weight excluding hydrogens is 222 g/mol. The number of amides is 1. The van der Waals surface area contributed by atoms with Gasteiger partial charge in [0.2, 0.25) is 0 Å². The molecule has 1 unspecified atom stereocenters. The second-order valence-electron chi connectivity index (χ2n) is 4.01. The summed E-state index contributed by atoms with van der Waals surface area (Å²) in [5.41, 5.74) is 10.9. The van der Waals surface area contributed by atoms with Crippen molar-refractivity contribution in [2.45, 2.75) is 6.10 Å². The van der Waals surface area contributed by atoms with Crippen molar-refractivity contribution in [2.75, 3.05) is 32.5 Å². The van der Waals surface area contributed by atoms with Crippen LogP contribution in [0.25, 0.3) is 0 Å². The molecule has 2 rings (SSSR count). The van der Waals surface area contributed by atoms with Gasteiger partial charge in [0.25, 0.3) is 5.91 Å². The first-order chi connectivity index (χ1) is 8.08. The number of hydrogen-bond donors (Lipinski definition) is 2. The largest absolute Gasteiger partial charge is 0.383 e. The minimum atomic E-state index is -0.629. The van der Waals surface area contributed by atoms with Crippen LogP contribution in [0.2, 0.25) is 0 Å². The van der Waals surface area contributed by atoms with Crippen LogP contribution in [-0.4, -0.2) is 47.5 Å². The number of ether oxygens (including phenoxy) is 1. The molecule has 2 heterocycles. The highest BCUT2D eigenvalue weighted by Crippen LogP contribution is 2.19. The Balaban J connectivity index is 2.22. The van der Waals surface area contributed by atoms with Crippen LogP contribution in [0.4, 0.5) is 5.82 Å². The average Bonchev–Trinajstić information content (AvgIpc) is 2.28. The zero-order valence-electron chi connectivity index (χ0n) is 9.59. The van der Waals surface area contributed by atoms with Crippen LogP contribution in [0, 0.1) is 0 Å². The van der Waals surface area contributed by atoms with Crippen molar-refractivity contribution in [1.82, 2.24) is 14.9 Å². The molecule has 0 saturated carbocycles. The van der Waals surface area contributed by atoms with Crippen molar-refractivity contribution in [3.8, 4) is 0 Å². The number of carbonyl (C=O) groups is 1. The number of anilines is 1. The van der Waals surface area contributed by atoms with E-state index in [1.54, 1.807) is 0 Å². The fourth-order valence-electron chi connectivity index (χ4n) is 1.69. The Morgan fingerprint density at radius 2 is 2.41 bits per heavy atom. The van der Waals surface area contributed by atoms with E-state index in [0.29, 0.717) is 19.0 Å². The number of morpholine rings is 1. The minimum absolute atomic E-state index is 0.0966. The number of carbonyl (C=O) groups excluding carboxylic acids is 1. The lowest BCUT2D eigenvalue weighted by Crippen LogP contribution is -2.36. The quantitative estimate of drug-likeness (QED) is 0.694. The van der Waals surface area contributed by atoms with Gasteiger partial charge in [-0.3, -0.25) is 4.79 Å². The van der Waals surface area contributed by atoms with E-state index in [1.807, 2.05) is 7.05 Å². The molecule has 1 aromatic rings. The smallest absolute Gasteiger partial charge is 0.254 e. The first-order valence-electron chi connectivity index (χ1n) is 5.30. The lowest BCUT2D eigenvalue weighted by molar-refractivity contribution is -0.0254. The lowest BCUT2D eigenvalue weighted by Gasteiger charge is -2.29. The molecule has 4 N–H and O–H groups in total. The molecule has 17 heavy (non-hydrogen) atoms.